The lowest BCUT2D eigenvalue weighted by molar-refractivity contribution is 0.201. The molecule has 0 bridgehead atoms. The third-order valence-corrected chi connectivity index (χ3v) is 3.57. The minimum Gasteiger partial charge on any atom is -0.496 e. The van der Waals surface area contributed by atoms with Gasteiger partial charge in [-0.05, 0) is 37.3 Å². The van der Waals surface area contributed by atoms with Gasteiger partial charge in [0.15, 0.2) is 0 Å². The van der Waals surface area contributed by atoms with E-state index in [9.17, 15) is 9.50 Å². The SMILES string of the molecule is CCOc1ccc(Br)cc1C(O)c1c(F)cccc1OC. The Kier molecular flexibility index (Phi) is 5.20. The Bertz CT molecular complexity index is 631. The smallest absolute Gasteiger partial charge is 0.133 e. The van der Waals surface area contributed by atoms with Gasteiger partial charge < -0.3 is 14.6 Å². The summed E-state index contributed by atoms with van der Waals surface area (Å²) in [5, 5.41) is 10.6. The number of halogens is 2. The molecule has 112 valence electrons. The molecule has 2 aromatic rings. The predicted molar refractivity (Wildman–Crippen MR) is 82.3 cm³/mol. The van der Waals surface area contributed by atoms with Gasteiger partial charge in [0.2, 0.25) is 0 Å². The van der Waals surface area contributed by atoms with E-state index in [1.807, 2.05) is 6.92 Å². The van der Waals surface area contributed by atoms with Crippen LogP contribution in [0.3, 0.4) is 0 Å². The fourth-order valence-electron chi connectivity index (χ4n) is 2.14. The maximum absolute atomic E-state index is 14.1. The molecular formula is C16H16BrFO3. The average Bonchev–Trinajstić information content (AvgIpc) is 2.48. The van der Waals surface area contributed by atoms with Gasteiger partial charge in [-0.15, -0.1) is 0 Å². The minimum atomic E-state index is -1.18. The van der Waals surface area contributed by atoms with Crippen molar-refractivity contribution in [1.82, 2.24) is 0 Å². The monoisotopic (exact) mass is 354 g/mol. The van der Waals surface area contributed by atoms with Crippen LogP contribution in [-0.4, -0.2) is 18.8 Å². The molecule has 21 heavy (non-hydrogen) atoms. The fraction of sp³-hybridized carbons (Fsp3) is 0.250. The third-order valence-electron chi connectivity index (χ3n) is 3.07. The van der Waals surface area contributed by atoms with E-state index < -0.39 is 11.9 Å². The molecule has 0 radical (unpaired) electrons. The van der Waals surface area contributed by atoms with Gasteiger partial charge >= 0.3 is 0 Å². The van der Waals surface area contributed by atoms with Crippen LogP contribution < -0.4 is 9.47 Å². The van der Waals surface area contributed by atoms with Crippen molar-refractivity contribution in [2.75, 3.05) is 13.7 Å². The zero-order chi connectivity index (χ0) is 15.4. The number of ether oxygens (including phenoxy) is 2. The second kappa shape index (κ2) is 6.91. The number of aliphatic hydroxyl groups excluding tert-OH is 1. The van der Waals surface area contributed by atoms with Gasteiger partial charge in [0, 0.05) is 10.0 Å². The molecule has 1 atom stereocenters. The number of hydrogen-bond acceptors (Lipinski definition) is 3. The molecule has 1 unspecified atom stereocenters. The zero-order valence-electron chi connectivity index (χ0n) is 11.8. The molecular weight excluding hydrogens is 339 g/mol. The second-order valence-corrected chi connectivity index (χ2v) is 5.29. The van der Waals surface area contributed by atoms with Crippen molar-refractivity contribution in [1.29, 1.82) is 0 Å². The summed E-state index contributed by atoms with van der Waals surface area (Å²) in [6, 6.07) is 9.69. The van der Waals surface area contributed by atoms with Crippen molar-refractivity contribution in [2.24, 2.45) is 0 Å². The van der Waals surface area contributed by atoms with Crippen LogP contribution in [-0.2, 0) is 0 Å². The number of hydrogen-bond donors (Lipinski definition) is 1. The van der Waals surface area contributed by atoms with Gasteiger partial charge in [0.25, 0.3) is 0 Å². The summed E-state index contributed by atoms with van der Waals surface area (Å²) in [5.41, 5.74) is 0.577. The number of methoxy groups -OCH3 is 1. The molecule has 0 saturated heterocycles. The summed E-state index contributed by atoms with van der Waals surface area (Å²) in [7, 11) is 1.44. The lowest BCUT2D eigenvalue weighted by Crippen LogP contribution is -2.08. The molecule has 0 aromatic heterocycles. The van der Waals surface area contributed by atoms with Crippen LogP contribution in [0, 0.1) is 5.82 Å². The maximum Gasteiger partial charge on any atom is 0.133 e. The van der Waals surface area contributed by atoms with Crippen molar-refractivity contribution in [3.63, 3.8) is 0 Å². The van der Waals surface area contributed by atoms with E-state index in [0.717, 1.165) is 4.47 Å². The summed E-state index contributed by atoms with van der Waals surface area (Å²) < 4.78 is 25.5. The summed E-state index contributed by atoms with van der Waals surface area (Å²) in [5.74, 6) is 0.285. The first-order valence-electron chi connectivity index (χ1n) is 6.51. The van der Waals surface area contributed by atoms with Gasteiger partial charge in [-0.25, -0.2) is 4.39 Å². The summed E-state index contributed by atoms with van der Waals surface area (Å²) in [6.07, 6.45) is -1.18. The fourth-order valence-corrected chi connectivity index (χ4v) is 2.51. The molecule has 3 nitrogen and oxygen atoms in total. The van der Waals surface area contributed by atoms with E-state index in [-0.39, 0.29) is 5.56 Å². The molecule has 0 fully saturated rings. The lowest BCUT2D eigenvalue weighted by atomic mass is 9.99. The lowest BCUT2D eigenvalue weighted by Gasteiger charge is -2.19. The first kappa shape index (κ1) is 15.8. The summed E-state index contributed by atoms with van der Waals surface area (Å²) >= 11 is 3.35. The van der Waals surface area contributed by atoms with E-state index >= 15 is 0 Å². The van der Waals surface area contributed by atoms with E-state index in [4.69, 9.17) is 9.47 Å². The van der Waals surface area contributed by atoms with Crippen molar-refractivity contribution >= 4 is 15.9 Å². The van der Waals surface area contributed by atoms with Crippen LogP contribution in [0.25, 0.3) is 0 Å². The Labute approximate surface area is 131 Å². The van der Waals surface area contributed by atoms with Crippen molar-refractivity contribution in [3.8, 4) is 11.5 Å². The number of aliphatic hydroxyl groups is 1. The standard InChI is InChI=1S/C16H16BrFO3/c1-3-21-13-8-7-10(17)9-11(13)16(19)15-12(18)5-4-6-14(15)20-2/h4-9,16,19H,3H2,1-2H3. The highest BCUT2D eigenvalue weighted by Gasteiger charge is 2.23. The zero-order valence-corrected chi connectivity index (χ0v) is 13.4. The Morgan fingerprint density at radius 1 is 1.24 bits per heavy atom. The Hall–Kier alpha value is -1.59. The first-order chi connectivity index (χ1) is 10.1. The van der Waals surface area contributed by atoms with E-state index in [1.165, 1.54) is 19.2 Å². The van der Waals surface area contributed by atoms with Crippen molar-refractivity contribution in [3.05, 3.63) is 57.8 Å². The van der Waals surface area contributed by atoms with E-state index in [2.05, 4.69) is 15.9 Å². The topological polar surface area (TPSA) is 38.7 Å². The molecule has 0 aliphatic heterocycles. The quantitative estimate of drug-likeness (QED) is 0.879. The van der Waals surface area contributed by atoms with Crippen LogP contribution in [0.2, 0.25) is 0 Å². The van der Waals surface area contributed by atoms with Gasteiger partial charge in [0.1, 0.15) is 23.4 Å². The van der Waals surface area contributed by atoms with Gasteiger partial charge in [-0.2, -0.15) is 0 Å². The summed E-state index contributed by atoms with van der Waals surface area (Å²) in [4.78, 5) is 0. The average molecular weight is 355 g/mol. The molecule has 0 aliphatic carbocycles. The van der Waals surface area contributed by atoms with Gasteiger partial charge in [-0.1, -0.05) is 22.0 Å². The van der Waals surface area contributed by atoms with Crippen molar-refractivity contribution in [2.45, 2.75) is 13.0 Å². The molecule has 0 heterocycles. The Balaban J connectivity index is 2.54. The van der Waals surface area contributed by atoms with Gasteiger partial charge in [-0.3, -0.25) is 0 Å². The van der Waals surface area contributed by atoms with E-state index in [1.54, 1.807) is 24.3 Å². The molecule has 5 heteroatoms. The normalized spacial score (nSPS) is 12.0. The number of benzene rings is 2. The largest absolute Gasteiger partial charge is 0.496 e. The highest BCUT2D eigenvalue weighted by molar-refractivity contribution is 9.10. The molecule has 2 rings (SSSR count). The highest BCUT2D eigenvalue weighted by Crippen LogP contribution is 2.37. The van der Waals surface area contributed by atoms with Crippen LogP contribution in [0.4, 0.5) is 4.39 Å². The van der Waals surface area contributed by atoms with Crippen molar-refractivity contribution < 1.29 is 19.0 Å². The third kappa shape index (κ3) is 3.36. The van der Waals surface area contributed by atoms with Crippen LogP contribution in [0.5, 0.6) is 11.5 Å². The molecule has 0 amide bonds. The highest BCUT2D eigenvalue weighted by atomic mass is 79.9. The Morgan fingerprint density at radius 3 is 2.67 bits per heavy atom. The van der Waals surface area contributed by atoms with E-state index in [0.29, 0.717) is 23.7 Å². The maximum atomic E-state index is 14.1. The molecule has 0 saturated carbocycles. The second-order valence-electron chi connectivity index (χ2n) is 4.37. The number of rotatable bonds is 5. The van der Waals surface area contributed by atoms with Gasteiger partial charge in [0.05, 0.1) is 19.3 Å². The Morgan fingerprint density at radius 2 is 2.00 bits per heavy atom. The minimum absolute atomic E-state index is 0.0963. The van der Waals surface area contributed by atoms with Crippen LogP contribution >= 0.6 is 15.9 Å². The molecule has 1 N–H and O–H groups in total. The van der Waals surface area contributed by atoms with Crippen LogP contribution in [0.1, 0.15) is 24.2 Å². The summed E-state index contributed by atoms with van der Waals surface area (Å²) in [6.45, 7) is 2.30. The molecule has 2 aromatic carbocycles. The first-order valence-corrected chi connectivity index (χ1v) is 7.30. The predicted octanol–water partition coefficient (Wildman–Crippen LogP) is 4.08. The molecule has 0 aliphatic rings. The van der Waals surface area contributed by atoms with Crippen LogP contribution in [0.15, 0.2) is 40.9 Å². The molecule has 0 spiro atoms.